The summed E-state index contributed by atoms with van der Waals surface area (Å²) in [5, 5.41) is 8.18. The van der Waals surface area contributed by atoms with Gasteiger partial charge in [0.15, 0.2) is 0 Å². The van der Waals surface area contributed by atoms with E-state index < -0.39 is 6.09 Å². The average molecular weight is 319 g/mol. The number of anilines is 1. The Kier molecular flexibility index (Phi) is 5.48. The molecule has 7 heteroatoms. The van der Waals surface area contributed by atoms with Crippen LogP contribution < -0.4 is 10.6 Å². The second kappa shape index (κ2) is 7.56. The standard InChI is InChI=1S/C15H17N3O3S/c1-3-21-15(20)18-12-6-4-11(5-7-12)14(19)16-8-13-17-10(2)9-22-13/h4-7,9H,3,8H2,1-2H3,(H,16,19)(H,18,20). The zero-order valence-electron chi connectivity index (χ0n) is 12.4. The van der Waals surface area contributed by atoms with Gasteiger partial charge in [0.05, 0.1) is 13.2 Å². The first-order chi connectivity index (χ1) is 10.6. The van der Waals surface area contributed by atoms with E-state index in [1.807, 2.05) is 12.3 Å². The molecule has 0 saturated carbocycles. The van der Waals surface area contributed by atoms with Crippen LogP contribution in [0.3, 0.4) is 0 Å². The van der Waals surface area contributed by atoms with Crippen LogP contribution >= 0.6 is 11.3 Å². The van der Waals surface area contributed by atoms with E-state index in [9.17, 15) is 9.59 Å². The highest BCUT2D eigenvalue weighted by molar-refractivity contribution is 7.09. The molecule has 0 aliphatic carbocycles. The summed E-state index contributed by atoms with van der Waals surface area (Å²) in [7, 11) is 0. The first kappa shape index (κ1) is 16.0. The lowest BCUT2D eigenvalue weighted by Crippen LogP contribution is -2.22. The van der Waals surface area contributed by atoms with Gasteiger partial charge in [0.1, 0.15) is 5.01 Å². The average Bonchev–Trinajstić information content (AvgIpc) is 2.91. The molecule has 2 aromatic rings. The van der Waals surface area contributed by atoms with E-state index in [0.29, 0.717) is 24.4 Å². The normalized spacial score (nSPS) is 10.1. The van der Waals surface area contributed by atoms with Crippen molar-refractivity contribution in [2.24, 2.45) is 0 Å². The van der Waals surface area contributed by atoms with E-state index >= 15 is 0 Å². The Hall–Kier alpha value is -2.41. The van der Waals surface area contributed by atoms with Gasteiger partial charge in [-0.15, -0.1) is 11.3 Å². The highest BCUT2D eigenvalue weighted by Gasteiger charge is 2.08. The molecule has 0 radical (unpaired) electrons. The van der Waals surface area contributed by atoms with Crippen LogP contribution in [0, 0.1) is 6.92 Å². The molecule has 22 heavy (non-hydrogen) atoms. The zero-order valence-corrected chi connectivity index (χ0v) is 13.2. The molecular weight excluding hydrogens is 302 g/mol. The molecule has 2 rings (SSSR count). The van der Waals surface area contributed by atoms with Crippen LogP contribution in [0.5, 0.6) is 0 Å². The summed E-state index contributed by atoms with van der Waals surface area (Å²) in [6.45, 7) is 4.36. The predicted octanol–water partition coefficient (Wildman–Crippen LogP) is 2.95. The van der Waals surface area contributed by atoms with Crippen LogP contribution in [0.15, 0.2) is 29.6 Å². The van der Waals surface area contributed by atoms with E-state index in [1.54, 1.807) is 31.2 Å². The minimum atomic E-state index is -0.515. The van der Waals surface area contributed by atoms with E-state index in [4.69, 9.17) is 4.74 Å². The van der Waals surface area contributed by atoms with Crippen molar-refractivity contribution in [3.05, 3.63) is 45.9 Å². The number of nitrogens with one attached hydrogen (secondary N) is 2. The van der Waals surface area contributed by atoms with Gasteiger partial charge in [0.25, 0.3) is 5.91 Å². The number of amides is 2. The molecule has 6 nitrogen and oxygen atoms in total. The number of carbonyl (C=O) groups excluding carboxylic acids is 2. The van der Waals surface area contributed by atoms with Crippen LogP contribution in [-0.2, 0) is 11.3 Å². The van der Waals surface area contributed by atoms with Crippen molar-refractivity contribution in [2.75, 3.05) is 11.9 Å². The van der Waals surface area contributed by atoms with Gasteiger partial charge < -0.3 is 10.1 Å². The number of aromatic nitrogens is 1. The van der Waals surface area contributed by atoms with Gasteiger partial charge >= 0.3 is 6.09 Å². The van der Waals surface area contributed by atoms with Gasteiger partial charge in [-0.3, -0.25) is 10.1 Å². The van der Waals surface area contributed by atoms with E-state index in [2.05, 4.69) is 15.6 Å². The van der Waals surface area contributed by atoms with Crippen molar-refractivity contribution in [1.29, 1.82) is 0 Å². The van der Waals surface area contributed by atoms with Gasteiger partial charge in [-0.1, -0.05) is 0 Å². The fourth-order valence-corrected chi connectivity index (χ4v) is 2.44. The van der Waals surface area contributed by atoms with E-state index in [-0.39, 0.29) is 5.91 Å². The lowest BCUT2D eigenvalue weighted by atomic mass is 10.2. The molecule has 0 aliphatic rings. The molecule has 1 aromatic carbocycles. The summed E-state index contributed by atoms with van der Waals surface area (Å²) in [6, 6.07) is 6.59. The second-order valence-corrected chi connectivity index (χ2v) is 5.43. The Morgan fingerprint density at radius 1 is 1.27 bits per heavy atom. The maximum Gasteiger partial charge on any atom is 0.411 e. The summed E-state index contributed by atoms with van der Waals surface area (Å²) in [6.07, 6.45) is -0.515. The van der Waals surface area contributed by atoms with Gasteiger partial charge in [0, 0.05) is 22.3 Å². The first-order valence-electron chi connectivity index (χ1n) is 6.81. The lowest BCUT2D eigenvalue weighted by molar-refractivity contribution is 0.0951. The third-order valence-corrected chi connectivity index (χ3v) is 3.70. The number of hydrogen-bond donors (Lipinski definition) is 2. The van der Waals surface area contributed by atoms with E-state index in [1.165, 1.54) is 11.3 Å². The molecule has 0 unspecified atom stereocenters. The Labute approximate surface area is 132 Å². The maximum atomic E-state index is 12.0. The summed E-state index contributed by atoms with van der Waals surface area (Å²) in [5.41, 5.74) is 2.04. The largest absolute Gasteiger partial charge is 0.450 e. The molecule has 0 bridgehead atoms. The highest BCUT2D eigenvalue weighted by atomic mass is 32.1. The minimum absolute atomic E-state index is 0.185. The molecule has 2 N–H and O–H groups in total. The Balaban J connectivity index is 1.89. The van der Waals surface area contributed by atoms with Gasteiger partial charge in [-0.2, -0.15) is 0 Å². The SMILES string of the molecule is CCOC(=O)Nc1ccc(C(=O)NCc2nc(C)cs2)cc1. The number of aryl methyl sites for hydroxylation is 1. The molecule has 116 valence electrons. The molecular formula is C15H17N3O3S. The quantitative estimate of drug-likeness (QED) is 0.888. The summed E-state index contributed by atoms with van der Waals surface area (Å²) < 4.78 is 4.78. The van der Waals surface area contributed by atoms with Crippen LogP contribution in [0.25, 0.3) is 0 Å². The first-order valence-corrected chi connectivity index (χ1v) is 7.69. The number of nitrogens with zero attached hydrogens (tertiary/aromatic N) is 1. The fourth-order valence-electron chi connectivity index (χ4n) is 1.73. The van der Waals surface area contributed by atoms with Crippen LogP contribution in [0.1, 0.15) is 28.0 Å². The van der Waals surface area contributed by atoms with Crippen LogP contribution in [-0.4, -0.2) is 23.6 Å². The molecule has 0 fully saturated rings. The molecule has 2 amide bonds. The molecule has 1 heterocycles. The van der Waals surface area contributed by atoms with Crippen molar-refractivity contribution >= 4 is 29.0 Å². The summed E-state index contributed by atoms with van der Waals surface area (Å²) >= 11 is 1.51. The molecule has 1 aromatic heterocycles. The molecule has 0 saturated heterocycles. The number of benzene rings is 1. The number of carbonyl (C=O) groups is 2. The number of ether oxygens (including phenoxy) is 1. The predicted molar refractivity (Wildman–Crippen MR) is 85.1 cm³/mol. The van der Waals surface area contributed by atoms with Gasteiger partial charge in [-0.25, -0.2) is 9.78 Å². The number of rotatable bonds is 5. The van der Waals surface area contributed by atoms with Crippen molar-refractivity contribution in [1.82, 2.24) is 10.3 Å². The lowest BCUT2D eigenvalue weighted by Gasteiger charge is -2.07. The maximum absolute atomic E-state index is 12.0. The fraction of sp³-hybridized carbons (Fsp3) is 0.267. The van der Waals surface area contributed by atoms with Crippen molar-refractivity contribution in [3.63, 3.8) is 0 Å². The molecule has 0 atom stereocenters. The summed E-state index contributed by atoms with van der Waals surface area (Å²) in [5.74, 6) is -0.185. The van der Waals surface area contributed by atoms with Gasteiger partial charge in [-0.05, 0) is 38.1 Å². The number of thiazole rings is 1. The Morgan fingerprint density at radius 3 is 2.59 bits per heavy atom. The third kappa shape index (κ3) is 4.56. The smallest absolute Gasteiger partial charge is 0.411 e. The van der Waals surface area contributed by atoms with E-state index in [0.717, 1.165) is 10.7 Å². The Bertz CT molecular complexity index is 652. The molecule has 0 aliphatic heterocycles. The highest BCUT2D eigenvalue weighted by Crippen LogP contribution is 2.11. The zero-order chi connectivity index (χ0) is 15.9. The minimum Gasteiger partial charge on any atom is -0.450 e. The molecule has 0 spiro atoms. The van der Waals surface area contributed by atoms with Crippen molar-refractivity contribution in [3.8, 4) is 0 Å². The monoisotopic (exact) mass is 319 g/mol. The third-order valence-electron chi connectivity index (χ3n) is 2.74. The Morgan fingerprint density at radius 2 is 2.00 bits per heavy atom. The van der Waals surface area contributed by atoms with Gasteiger partial charge in [0.2, 0.25) is 0 Å². The van der Waals surface area contributed by atoms with Crippen molar-refractivity contribution < 1.29 is 14.3 Å². The van der Waals surface area contributed by atoms with Crippen LogP contribution in [0.2, 0.25) is 0 Å². The topological polar surface area (TPSA) is 80.3 Å². The second-order valence-electron chi connectivity index (χ2n) is 4.49. The van der Waals surface area contributed by atoms with Crippen LogP contribution in [0.4, 0.5) is 10.5 Å². The van der Waals surface area contributed by atoms with Crippen molar-refractivity contribution in [2.45, 2.75) is 20.4 Å². The number of hydrogen-bond acceptors (Lipinski definition) is 5. The summed E-state index contributed by atoms with van der Waals surface area (Å²) in [4.78, 5) is 27.6.